The highest BCUT2D eigenvalue weighted by molar-refractivity contribution is 8.00. The Morgan fingerprint density at radius 3 is 2.31 bits per heavy atom. The molecule has 0 saturated carbocycles. The Morgan fingerprint density at radius 2 is 1.81 bits per heavy atom. The number of nitrogens with zero attached hydrogens (tertiary/aromatic N) is 1. The minimum absolute atomic E-state index is 0.0156. The number of rotatable bonds is 5. The number of benzene rings is 2. The molecule has 0 radical (unpaired) electrons. The first-order valence-electron chi connectivity index (χ1n) is 7.56. The number of carbonyl (C=O) groups is 1. The molecule has 138 valence electrons. The quantitative estimate of drug-likeness (QED) is 0.593. The van der Waals surface area contributed by atoms with Gasteiger partial charge in [-0.1, -0.05) is 18.7 Å². The number of halogens is 1. The lowest BCUT2D eigenvalue weighted by molar-refractivity contribution is 0.100. The Kier molecular flexibility index (Phi) is 6.04. The van der Waals surface area contributed by atoms with Crippen LogP contribution in [0.1, 0.15) is 22.8 Å². The van der Waals surface area contributed by atoms with Gasteiger partial charge in [-0.3, -0.25) is 4.79 Å². The van der Waals surface area contributed by atoms with Gasteiger partial charge < -0.3 is 11.5 Å². The predicted octanol–water partition coefficient (Wildman–Crippen LogP) is 2.36. The Bertz CT molecular complexity index is 967. The molecule has 0 aliphatic rings. The third-order valence-electron chi connectivity index (χ3n) is 3.45. The molecule has 2 rings (SSSR count). The fraction of sp³-hybridized carbons (Fsp3) is 0.176. The summed E-state index contributed by atoms with van der Waals surface area (Å²) in [7, 11) is -3.63. The number of guanidine groups is 1. The van der Waals surface area contributed by atoms with Crippen LogP contribution in [-0.2, 0) is 16.3 Å². The molecule has 2 aromatic rings. The fourth-order valence-electron chi connectivity index (χ4n) is 2.27. The molecule has 6 nitrogen and oxygen atoms in total. The molecule has 1 amide bonds. The minimum Gasteiger partial charge on any atom is -0.370 e. The summed E-state index contributed by atoms with van der Waals surface area (Å²) < 4.78 is 37.5. The minimum atomic E-state index is -3.63. The molecule has 4 N–H and O–H groups in total. The van der Waals surface area contributed by atoms with Gasteiger partial charge in [0.2, 0.25) is 0 Å². The Morgan fingerprint density at radius 1 is 1.19 bits per heavy atom. The molecule has 0 heterocycles. The molecular weight excluding hydrogens is 377 g/mol. The average molecular weight is 395 g/mol. The van der Waals surface area contributed by atoms with Crippen LogP contribution in [0.4, 0.5) is 4.39 Å². The number of amides is 1. The van der Waals surface area contributed by atoms with Crippen molar-refractivity contribution in [2.24, 2.45) is 16.5 Å². The molecule has 9 heteroatoms. The zero-order valence-corrected chi connectivity index (χ0v) is 15.8. The lowest BCUT2D eigenvalue weighted by atomic mass is 10.0. The number of carbonyl (C=O) groups excluding carboxylic acids is 1. The van der Waals surface area contributed by atoms with Crippen molar-refractivity contribution in [1.82, 2.24) is 0 Å². The maximum atomic E-state index is 13.1. The van der Waals surface area contributed by atoms with Crippen molar-refractivity contribution in [2.45, 2.75) is 28.0 Å². The zero-order chi connectivity index (χ0) is 19.5. The van der Waals surface area contributed by atoms with Crippen LogP contribution in [0.15, 0.2) is 56.1 Å². The van der Waals surface area contributed by atoms with E-state index < -0.39 is 21.7 Å². The van der Waals surface area contributed by atoms with E-state index in [2.05, 4.69) is 4.99 Å². The maximum absolute atomic E-state index is 13.1. The summed E-state index contributed by atoms with van der Waals surface area (Å²) in [4.78, 5) is 16.8. The molecule has 0 bridgehead atoms. The highest BCUT2D eigenvalue weighted by Gasteiger charge is 2.21. The molecule has 0 unspecified atom stereocenters. The van der Waals surface area contributed by atoms with E-state index in [0.717, 1.165) is 6.26 Å². The van der Waals surface area contributed by atoms with E-state index in [-0.39, 0.29) is 16.3 Å². The lowest BCUT2D eigenvalue weighted by Gasteiger charge is -2.13. The monoisotopic (exact) mass is 395 g/mol. The molecule has 0 aliphatic heterocycles. The number of aliphatic imine (C=N–C) groups is 1. The first-order chi connectivity index (χ1) is 12.1. The third-order valence-corrected chi connectivity index (χ3v) is 5.78. The molecule has 0 atom stereocenters. The van der Waals surface area contributed by atoms with Gasteiger partial charge in [-0.25, -0.2) is 12.8 Å². The smallest absolute Gasteiger partial charge is 0.280 e. The van der Waals surface area contributed by atoms with Crippen LogP contribution in [0.5, 0.6) is 0 Å². The Hall–Kier alpha value is -2.39. The largest absolute Gasteiger partial charge is 0.370 e. The van der Waals surface area contributed by atoms with Gasteiger partial charge >= 0.3 is 0 Å². The summed E-state index contributed by atoms with van der Waals surface area (Å²) in [6.07, 6.45) is 1.53. The standard InChI is InChI=1S/C17H18FN3O3S2/c1-3-10-8-14(25-12-6-4-11(18)5-7-12)15(26(2,23)24)9-13(10)16(22)21-17(19)20/h4-9H,3H2,1-2H3,(H4,19,20,21,22). The summed E-state index contributed by atoms with van der Waals surface area (Å²) in [5.74, 6) is -1.49. The van der Waals surface area contributed by atoms with Gasteiger partial charge in [0, 0.05) is 21.6 Å². The van der Waals surface area contributed by atoms with Crippen LogP contribution < -0.4 is 11.5 Å². The first-order valence-corrected chi connectivity index (χ1v) is 10.3. The number of nitrogens with two attached hydrogens (primary N) is 2. The second-order valence-corrected chi connectivity index (χ2v) is 8.58. The van der Waals surface area contributed by atoms with Crippen molar-refractivity contribution < 1.29 is 17.6 Å². The summed E-state index contributed by atoms with van der Waals surface area (Å²) in [6, 6.07) is 8.60. The van der Waals surface area contributed by atoms with Crippen molar-refractivity contribution in [1.29, 1.82) is 0 Å². The van der Waals surface area contributed by atoms with Gasteiger partial charge in [-0.2, -0.15) is 4.99 Å². The van der Waals surface area contributed by atoms with E-state index in [1.807, 2.05) is 6.92 Å². The summed E-state index contributed by atoms with van der Waals surface area (Å²) >= 11 is 1.17. The Balaban J connectivity index is 2.62. The summed E-state index contributed by atoms with van der Waals surface area (Å²) in [5, 5.41) is 0. The lowest BCUT2D eigenvalue weighted by Crippen LogP contribution is -2.24. The molecule has 0 fully saturated rings. The fourth-order valence-corrected chi connectivity index (χ4v) is 4.49. The van der Waals surface area contributed by atoms with Gasteiger partial charge in [0.05, 0.1) is 4.90 Å². The highest BCUT2D eigenvalue weighted by atomic mass is 32.2. The van der Waals surface area contributed by atoms with Gasteiger partial charge in [-0.05, 0) is 48.4 Å². The van der Waals surface area contributed by atoms with Crippen molar-refractivity contribution in [2.75, 3.05) is 6.26 Å². The molecule has 0 saturated heterocycles. The zero-order valence-electron chi connectivity index (χ0n) is 14.2. The van der Waals surface area contributed by atoms with Gasteiger partial charge in [0.25, 0.3) is 5.91 Å². The van der Waals surface area contributed by atoms with Gasteiger partial charge in [0.15, 0.2) is 15.8 Å². The van der Waals surface area contributed by atoms with Crippen LogP contribution in [0.2, 0.25) is 0 Å². The molecule has 0 aromatic heterocycles. The number of aryl methyl sites for hydroxylation is 1. The summed E-state index contributed by atoms with van der Waals surface area (Å²) in [5.41, 5.74) is 11.2. The highest BCUT2D eigenvalue weighted by Crippen LogP contribution is 2.35. The van der Waals surface area contributed by atoms with E-state index in [1.165, 1.54) is 30.0 Å². The van der Waals surface area contributed by atoms with Crippen LogP contribution in [0, 0.1) is 5.82 Å². The van der Waals surface area contributed by atoms with E-state index >= 15 is 0 Å². The molecule has 0 aliphatic carbocycles. The van der Waals surface area contributed by atoms with Crippen LogP contribution >= 0.6 is 11.8 Å². The van der Waals surface area contributed by atoms with Crippen molar-refractivity contribution in [3.05, 3.63) is 53.3 Å². The van der Waals surface area contributed by atoms with Gasteiger partial charge in [-0.15, -0.1) is 0 Å². The average Bonchev–Trinajstić information content (AvgIpc) is 2.54. The summed E-state index contributed by atoms with van der Waals surface area (Å²) in [6.45, 7) is 1.83. The van der Waals surface area contributed by atoms with Crippen LogP contribution in [0.3, 0.4) is 0 Å². The predicted molar refractivity (Wildman–Crippen MR) is 99.6 cm³/mol. The van der Waals surface area contributed by atoms with E-state index in [0.29, 0.717) is 21.8 Å². The first kappa shape index (κ1) is 19.9. The van der Waals surface area contributed by atoms with Crippen LogP contribution in [0.25, 0.3) is 0 Å². The van der Waals surface area contributed by atoms with Crippen molar-refractivity contribution in [3.8, 4) is 0 Å². The molecule has 0 spiro atoms. The number of hydrogen-bond acceptors (Lipinski definition) is 4. The Labute approximate surface area is 155 Å². The normalized spacial score (nSPS) is 11.2. The number of hydrogen-bond donors (Lipinski definition) is 2. The number of sulfone groups is 1. The van der Waals surface area contributed by atoms with Crippen molar-refractivity contribution >= 4 is 33.5 Å². The molecule has 2 aromatic carbocycles. The topological polar surface area (TPSA) is 116 Å². The molecular formula is C17H18FN3O3S2. The van der Waals surface area contributed by atoms with Gasteiger partial charge in [0.1, 0.15) is 5.82 Å². The maximum Gasteiger partial charge on any atom is 0.280 e. The van der Waals surface area contributed by atoms with E-state index in [4.69, 9.17) is 11.5 Å². The SMILES string of the molecule is CCc1cc(Sc2ccc(F)cc2)c(S(C)(=O)=O)cc1C(=O)N=C(N)N. The van der Waals surface area contributed by atoms with Crippen LogP contribution in [-0.4, -0.2) is 26.5 Å². The second kappa shape index (κ2) is 7.88. The molecule has 26 heavy (non-hydrogen) atoms. The second-order valence-electron chi connectivity index (χ2n) is 5.48. The third kappa shape index (κ3) is 4.83. The van der Waals surface area contributed by atoms with E-state index in [1.54, 1.807) is 18.2 Å². The van der Waals surface area contributed by atoms with E-state index in [9.17, 15) is 17.6 Å². The van der Waals surface area contributed by atoms with Crippen molar-refractivity contribution in [3.63, 3.8) is 0 Å².